The summed E-state index contributed by atoms with van der Waals surface area (Å²) in [5.74, 6) is 0.526. The molecule has 2 aliphatic rings. The highest BCUT2D eigenvalue weighted by molar-refractivity contribution is 7.99. The number of hydrogen-bond acceptors (Lipinski definition) is 9. The summed E-state index contributed by atoms with van der Waals surface area (Å²) in [6.07, 6.45) is -1.88. The quantitative estimate of drug-likeness (QED) is 0.114. The average molecular weight is 711 g/mol. The van der Waals surface area contributed by atoms with Gasteiger partial charge in [0, 0.05) is 23.0 Å². The number of rotatable bonds is 13. The van der Waals surface area contributed by atoms with Crippen molar-refractivity contribution in [3.05, 3.63) is 131 Å². The highest BCUT2D eigenvalue weighted by Crippen LogP contribution is 2.43. The van der Waals surface area contributed by atoms with Gasteiger partial charge in [0.25, 0.3) is 5.91 Å². The lowest BCUT2D eigenvalue weighted by molar-refractivity contribution is -0.268. The molecule has 4 aromatic rings. The van der Waals surface area contributed by atoms with Crippen molar-refractivity contribution in [3.8, 4) is 11.1 Å². The van der Waals surface area contributed by atoms with E-state index in [1.165, 1.54) is 4.90 Å². The first-order valence-electron chi connectivity index (χ1n) is 17.0. The van der Waals surface area contributed by atoms with Crippen LogP contribution in [0, 0.1) is 5.92 Å². The predicted molar refractivity (Wildman–Crippen MR) is 193 cm³/mol. The van der Waals surface area contributed by atoms with E-state index in [9.17, 15) is 24.6 Å². The van der Waals surface area contributed by atoms with Gasteiger partial charge in [-0.25, -0.2) is 4.79 Å². The Bertz CT molecular complexity index is 1790. The van der Waals surface area contributed by atoms with Gasteiger partial charge in [-0.2, -0.15) is 11.8 Å². The van der Waals surface area contributed by atoms with Crippen molar-refractivity contribution in [2.24, 2.45) is 5.92 Å². The van der Waals surface area contributed by atoms with E-state index in [2.05, 4.69) is 12.2 Å². The van der Waals surface area contributed by atoms with Crippen LogP contribution in [-0.2, 0) is 43.6 Å². The number of ether oxygens (including phenoxy) is 3. The van der Waals surface area contributed by atoms with Gasteiger partial charge in [-0.05, 0) is 33.4 Å². The number of amides is 3. The molecule has 3 amide bonds. The van der Waals surface area contributed by atoms with Crippen molar-refractivity contribution >= 4 is 29.7 Å². The number of aliphatic hydroxyl groups is 2. The summed E-state index contributed by atoms with van der Waals surface area (Å²) in [6.45, 7) is 2.29. The minimum absolute atomic E-state index is 0.0304. The molecule has 2 saturated heterocycles. The zero-order chi connectivity index (χ0) is 35.7. The maximum Gasteiger partial charge on any atom is 0.408 e. The summed E-state index contributed by atoms with van der Waals surface area (Å²) >= 11 is 1.64. The molecule has 4 aromatic carbocycles. The molecule has 5 atom stereocenters. The molecule has 0 aliphatic carbocycles. The monoisotopic (exact) mass is 710 g/mol. The summed E-state index contributed by atoms with van der Waals surface area (Å²) in [6, 6.07) is 31.5. The van der Waals surface area contributed by atoms with Gasteiger partial charge in [0.05, 0.1) is 38.4 Å². The molecule has 2 fully saturated rings. The third-order valence-corrected chi connectivity index (χ3v) is 10.3. The van der Waals surface area contributed by atoms with Crippen LogP contribution in [0.5, 0.6) is 0 Å². The fourth-order valence-corrected chi connectivity index (χ4v) is 7.28. The van der Waals surface area contributed by atoms with Crippen LogP contribution in [0.2, 0.25) is 0 Å². The van der Waals surface area contributed by atoms with Crippen LogP contribution in [0.1, 0.15) is 53.6 Å². The van der Waals surface area contributed by atoms with Crippen molar-refractivity contribution in [1.82, 2.24) is 10.2 Å². The van der Waals surface area contributed by atoms with E-state index in [4.69, 9.17) is 14.2 Å². The summed E-state index contributed by atoms with van der Waals surface area (Å²) in [7, 11) is 0. The van der Waals surface area contributed by atoms with E-state index >= 15 is 0 Å². The Balaban J connectivity index is 1.14. The Morgan fingerprint density at radius 3 is 2.31 bits per heavy atom. The molecule has 266 valence electrons. The number of benzene rings is 4. The highest BCUT2D eigenvalue weighted by Gasteiger charge is 2.40. The summed E-state index contributed by atoms with van der Waals surface area (Å²) in [5, 5.41) is 21.4. The molecule has 5 unspecified atom stereocenters. The number of hydrogen-bond donors (Lipinski definition) is 3. The van der Waals surface area contributed by atoms with Crippen LogP contribution in [0.25, 0.3) is 11.1 Å². The Labute approximate surface area is 301 Å². The van der Waals surface area contributed by atoms with Crippen molar-refractivity contribution in [2.75, 3.05) is 18.1 Å². The molecule has 0 saturated carbocycles. The Hall–Kier alpha value is -4.52. The second-order valence-electron chi connectivity index (χ2n) is 12.7. The molecule has 2 aliphatic heterocycles. The Morgan fingerprint density at radius 2 is 1.59 bits per heavy atom. The number of nitrogens with one attached hydrogen (secondary N) is 1. The lowest BCUT2D eigenvalue weighted by Gasteiger charge is -2.41. The SMILES string of the molecule is CC1C(CSCCO)OC(c2ccc(-c3ccccc3CN3C(=O)CC(NC(=O)OCc4ccccc4)C3=O)cc2)OC1c1ccc(CO)cc1. The van der Waals surface area contributed by atoms with Crippen LogP contribution in [0.4, 0.5) is 4.79 Å². The van der Waals surface area contributed by atoms with Crippen LogP contribution in [-0.4, -0.2) is 63.3 Å². The van der Waals surface area contributed by atoms with E-state index in [1.807, 2.05) is 103 Å². The zero-order valence-corrected chi connectivity index (χ0v) is 29.2. The molecular formula is C40H42N2O8S. The first-order valence-corrected chi connectivity index (χ1v) is 18.2. The number of likely N-dealkylation sites (tertiary alicyclic amines) is 1. The van der Waals surface area contributed by atoms with E-state index < -0.39 is 24.3 Å². The summed E-state index contributed by atoms with van der Waals surface area (Å²) in [5.41, 5.74) is 6.03. The largest absolute Gasteiger partial charge is 0.445 e. The normalized spacial score (nSPS) is 21.9. The molecular weight excluding hydrogens is 669 g/mol. The average Bonchev–Trinajstić information content (AvgIpc) is 3.42. The predicted octanol–water partition coefficient (Wildman–Crippen LogP) is 5.92. The third kappa shape index (κ3) is 8.87. The van der Waals surface area contributed by atoms with E-state index in [0.717, 1.165) is 38.9 Å². The first kappa shape index (κ1) is 36.3. The molecule has 2 heterocycles. The van der Waals surface area contributed by atoms with Crippen molar-refractivity contribution in [2.45, 2.75) is 57.6 Å². The van der Waals surface area contributed by atoms with Crippen LogP contribution in [0.15, 0.2) is 103 Å². The number of aliphatic hydroxyl groups excluding tert-OH is 2. The van der Waals surface area contributed by atoms with Crippen molar-refractivity contribution < 1.29 is 38.8 Å². The number of imide groups is 1. The maximum absolute atomic E-state index is 13.3. The number of carbonyl (C=O) groups excluding carboxylic acids is 3. The number of thioether (sulfide) groups is 1. The van der Waals surface area contributed by atoms with Crippen LogP contribution < -0.4 is 5.32 Å². The van der Waals surface area contributed by atoms with Gasteiger partial charge in [0.2, 0.25) is 5.91 Å². The second-order valence-corrected chi connectivity index (χ2v) is 13.8. The molecule has 0 radical (unpaired) electrons. The van der Waals surface area contributed by atoms with Gasteiger partial charge in [-0.3, -0.25) is 14.5 Å². The summed E-state index contributed by atoms with van der Waals surface area (Å²) in [4.78, 5) is 39.9. The first-order chi connectivity index (χ1) is 24.8. The number of nitrogens with zero attached hydrogens (tertiary/aromatic N) is 1. The van der Waals surface area contributed by atoms with E-state index in [-0.39, 0.29) is 56.8 Å². The van der Waals surface area contributed by atoms with Gasteiger partial charge in [-0.1, -0.05) is 110 Å². The number of carbonyl (C=O) groups is 3. The molecule has 6 rings (SSSR count). The van der Waals surface area contributed by atoms with E-state index in [1.54, 1.807) is 11.8 Å². The van der Waals surface area contributed by atoms with Crippen molar-refractivity contribution in [3.63, 3.8) is 0 Å². The molecule has 0 aromatic heterocycles. The smallest absolute Gasteiger partial charge is 0.408 e. The van der Waals surface area contributed by atoms with Gasteiger partial charge < -0.3 is 29.7 Å². The minimum atomic E-state index is -0.993. The third-order valence-electron chi connectivity index (χ3n) is 9.23. The van der Waals surface area contributed by atoms with Crippen LogP contribution >= 0.6 is 11.8 Å². The number of alkyl carbamates (subject to hydrolysis) is 1. The Kier molecular flexibility index (Phi) is 12.2. The lowest BCUT2D eigenvalue weighted by atomic mass is 9.91. The van der Waals surface area contributed by atoms with Gasteiger partial charge in [0.1, 0.15) is 12.6 Å². The molecule has 3 N–H and O–H groups in total. The molecule has 0 bridgehead atoms. The second kappa shape index (κ2) is 17.1. The van der Waals surface area contributed by atoms with Crippen molar-refractivity contribution in [1.29, 1.82) is 0 Å². The highest BCUT2D eigenvalue weighted by atomic mass is 32.2. The lowest BCUT2D eigenvalue weighted by Crippen LogP contribution is -2.41. The molecule has 11 heteroatoms. The zero-order valence-electron chi connectivity index (χ0n) is 28.4. The standard InChI is InChI=1S/C40H42N2O8S/c1-26-35(25-51-20-19-43)49-39(50-37(26)30-13-11-27(23-44)12-14-30)31-17-15-29(16-18-31)33-10-6-5-9-32(33)22-42-36(45)21-34(38(42)46)41-40(47)48-24-28-7-3-2-4-8-28/h2-18,26,34-35,37,39,43-44H,19-25H2,1H3,(H,41,47). The van der Waals surface area contributed by atoms with Gasteiger partial charge in [-0.15, -0.1) is 0 Å². The van der Waals surface area contributed by atoms with Crippen LogP contribution in [0.3, 0.4) is 0 Å². The molecule has 10 nitrogen and oxygen atoms in total. The minimum Gasteiger partial charge on any atom is -0.445 e. The van der Waals surface area contributed by atoms with E-state index in [0.29, 0.717) is 11.5 Å². The molecule has 0 spiro atoms. The summed E-state index contributed by atoms with van der Waals surface area (Å²) < 4.78 is 18.3. The fourth-order valence-electron chi connectivity index (χ4n) is 6.37. The van der Waals surface area contributed by atoms with Gasteiger partial charge in [0.15, 0.2) is 6.29 Å². The molecule has 51 heavy (non-hydrogen) atoms. The fraction of sp³-hybridized carbons (Fsp3) is 0.325. The Morgan fingerprint density at radius 1 is 0.882 bits per heavy atom. The maximum atomic E-state index is 13.3. The van der Waals surface area contributed by atoms with Gasteiger partial charge >= 0.3 is 6.09 Å². The topological polar surface area (TPSA) is 135 Å².